The normalized spacial score (nSPS) is 26.1. The Kier molecular flexibility index (Phi) is 6.88. The Hall–Kier alpha value is -2.04. The summed E-state index contributed by atoms with van der Waals surface area (Å²) >= 11 is 0. The molecule has 0 amide bonds. The summed E-state index contributed by atoms with van der Waals surface area (Å²) in [6, 6.07) is 16.9. The summed E-state index contributed by atoms with van der Waals surface area (Å²) in [5.41, 5.74) is 3.18. The summed E-state index contributed by atoms with van der Waals surface area (Å²) in [6.07, 6.45) is 6.79. The predicted molar refractivity (Wildman–Crippen MR) is 125 cm³/mol. The van der Waals surface area contributed by atoms with Crippen LogP contribution in [0.3, 0.4) is 0 Å². The average Bonchev–Trinajstić information content (AvgIpc) is 2.82. The highest BCUT2D eigenvalue weighted by Crippen LogP contribution is 2.53. The van der Waals surface area contributed by atoms with Crippen molar-refractivity contribution in [2.45, 2.75) is 63.0 Å². The van der Waals surface area contributed by atoms with E-state index in [9.17, 15) is 5.11 Å². The van der Waals surface area contributed by atoms with Crippen LogP contribution in [0.25, 0.3) is 0 Å². The van der Waals surface area contributed by atoms with Crippen LogP contribution in [0.15, 0.2) is 48.5 Å². The minimum absolute atomic E-state index is 0.213. The van der Waals surface area contributed by atoms with Gasteiger partial charge < -0.3 is 19.5 Å². The maximum Gasteiger partial charge on any atom is 0.119 e. The van der Waals surface area contributed by atoms with Crippen molar-refractivity contribution in [3.05, 3.63) is 59.7 Å². The largest absolute Gasteiger partial charge is 0.497 e. The first-order valence-electron chi connectivity index (χ1n) is 11.8. The van der Waals surface area contributed by atoms with E-state index in [-0.39, 0.29) is 5.41 Å². The molecule has 1 fully saturated rings. The number of aliphatic hydroxyl groups excluding tert-OH is 1. The Bertz CT molecular complexity index is 855. The summed E-state index contributed by atoms with van der Waals surface area (Å²) in [4.78, 5) is 2.40. The zero-order valence-corrected chi connectivity index (χ0v) is 19.2. The average molecular weight is 424 g/mol. The number of nitrogens with zero attached hydrogens (tertiary/aromatic N) is 1. The van der Waals surface area contributed by atoms with Gasteiger partial charge in [0.15, 0.2) is 0 Å². The molecule has 4 nitrogen and oxygen atoms in total. The molecular formula is C27H37NO3. The number of ether oxygens (including phenoxy) is 2. The second-order valence-corrected chi connectivity index (χ2v) is 9.37. The van der Waals surface area contributed by atoms with Crippen molar-refractivity contribution in [3.8, 4) is 11.5 Å². The number of rotatable bonds is 8. The molecule has 2 aromatic rings. The van der Waals surface area contributed by atoms with Gasteiger partial charge in [-0.2, -0.15) is 0 Å². The van der Waals surface area contributed by atoms with E-state index in [2.05, 4.69) is 37.1 Å². The smallest absolute Gasteiger partial charge is 0.119 e. The van der Waals surface area contributed by atoms with Gasteiger partial charge in [0.25, 0.3) is 0 Å². The van der Waals surface area contributed by atoms with Crippen LogP contribution >= 0.6 is 0 Å². The van der Waals surface area contributed by atoms with Crippen molar-refractivity contribution in [1.82, 2.24) is 4.90 Å². The van der Waals surface area contributed by atoms with Gasteiger partial charge in [0, 0.05) is 12.6 Å². The van der Waals surface area contributed by atoms with Gasteiger partial charge in [0.1, 0.15) is 24.2 Å². The third kappa shape index (κ3) is 4.47. The molecule has 168 valence electrons. The number of hydrogen-bond acceptors (Lipinski definition) is 4. The molecule has 0 heterocycles. The number of fused-ring (bicyclic) bond motifs is 3. The number of methoxy groups -OCH3 is 1. The highest BCUT2D eigenvalue weighted by molar-refractivity contribution is 5.44. The number of para-hydroxylation sites is 1. The first kappa shape index (κ1) is 22.2. The van der Waals surface area contributed by atoms with Crippen molar-refractivity contribution >= 4 is 0 Å². The van der Waals surface area contributed by atoms with Gasteiger partial charge in [0.05, 0.1) is 7.11 Å². The molecule has 2 aromatic carbocycles. The van der Waals surface area contributed by atoms with E-state index in [1.54, 1.807) is 7.11 Å². The van der Waals surface area contributed by atoms with Gasteiger partial charge in [0.2, 0.25) is 0 Å². The zero-order chi connectivity index (χ0) is 21.8. The Morgan fingerprint density at radius 2 is 1.94 bits per heavy atom. The molecule has 0 radical (unpaired) electrons. The van der Waals surface area contributed by atoms with Crippen LogP contribution in [-0.2, 0) is 11.8 Å². The molecule has 0 spiro atoms. The molecule has 0 aromatic heterocycles. The van der Waals surface area contributed by atoms with Crippen LogP contribution in [0.2, 0.25) is 0 Å². The van der Waals surface area contributed by atoms with Gasteiger partial charge in [-0.05, 0) is 79.5 Å². The third-order valence-electron chi connectivity index (χ3n) is 7.73. The zero-order valence-electron chi connectivity index (χ0n) is 19.2. The van der Waals surface area contributed by atoms with Crippen LogP contribution in [-0.4, -0.2) is 49.5 Å². The summed E-state index contributed by atoms with van der Waals surface area (Å²) in [5, 5.41) is 10.7. The van der Waals surface area contributed by atoms with E-state index in [4.69, 9.17) is 9.47 Å². The molecule has 1 unspecified atom stereocenters. The van der Waals surface area contributed by atoms with Crippen molar-refractivity contribution < 1.29 is 14.6 Å². The van der Waals surface area contributed by atoms with E-state index in [1.807, 2.05) is 30.3 Å². The number of benzene rings is 2. The Balaban J connectivity index is 1.52. The van der Waals surface area contributed by atoms with Crippen LogP contribution in [0, 0.1) is 5.92 Å². The van der Waals surface area contributed by atoms with Crippen LogP contribution in [0.4, 0.5) is 0 Å². The first-order chi connectivity index (χ1) is 15.1. The lowest BCUT2D eigenvalue weighted by Gasteiger charge is -2.54. The first-order valence-corrected chi connectivity index (χ1v) is 11.8. The fraction of sp³-hybridized carbons (Fsp3) is 0.556. The van der Waals surface area contributed by atoms with Gasteiger partial charge in [-0.25, -0.2) is 0 Å². The highest BCUT2D eigenvalue weighted by Gasteiger charge is 2.49. The summed E-state index contributed by atoms with van der Waals surface area (Å²) in [6.45, 7) is 3.30. The van der Waals surface area contributed by atoms with Gasteiger partial charge in [-0.15, -0.1) is 0 Å². The van der Waals surface area contributed by atoms with Gasteiger partial charge in [-0.3, -0.25) is 0 Å². The standard InChI is InChI=1S/C27H37NO3/c1-4-27-15-9-8-12-24(27)26(16-20-13-14-23(30-3)17-25(20)27)28(2)18-21(29)19-31-22-10-6-5-7-11-22/h5-7,10-11,13-14,17,21,24,26,29H,4,8-9,12,15-16,18-19H2,1-3H3/t21?,24-,26+,27-/m1/s1. The highest BCUT2D eigenvalue weighted by atomic mass is 16.5. The van der Waals surface area contributed by atoms with E-state index in [0.717, 1.165) is 24.3 Å². The number of hydrogen-bond donors (Lipinski definition) is 1. The maximum atomic E-state index is 10.7. The molecule has 0 saturated heterocycles. The molecule has 1 saturated carbocycles. The topological polar surface area (TPSA) is 41.9 Å². The molecular weight excluding hydrogens is 386 g/mol. The van der Waals surface area contributed by atoms with Crippen LogP contribution in [0.1, 0.15) is 50.2 Å². The van der Waals surface area contributed by atoms with Crippen molar-refractivity contribution in [2.75, 3.05) is 27.3 Å². The molecule has 4 heteroatoms. The molecule has 0 aliphatic heterocycles. The molecule has 4 atom stereocenters. The minimum Gasteiger partial charge on any atom is -0.497 e. The molecule has 0 bridgehead atoms. The summed E-state index contributed by atoms with van der Waals surface area (Å²) in [5.74, 6) is 2.39. The minimum atomic E-state index is -0.512. The number of aliphatic hydroxyl groups is 1. The summed E-state index contributed by atoms with van der Waals surface area (Å²) < 4.78 is 11.4. The van der Waals surface area contributed by atoms with Gasteiger partial charge >= 0.3 is 0 Å². The Morgan fingerprint density at radius 3 is 2.68 bits per heavy atom. The maximum absolute atomic E-state index is 10.7. The van der Waals surface area contributed by atoms with Crippen molar-refractivity contribution in [1.29, 1.82) is 0 Å². The van der Waals surface area contributed by atoms with E-state index in [1.165, 1.54) is 36.8 Å². The van der Waals surface area contributed by atoms with Gasteiger partial charge in [-0.1, -0.05) is 44.0 Å². The SMILES string of the molecule is CC[C@@]12CCCC[C@@H]1[C@@H](N(C)CC(O)COc1ccccc1)Cc1ccc(OC)cc12. The van der Waals surface area contributed by atoms with Crippen molar-refractivity contribution in [3.63, 3.8) is 0 Å². The Morgan fingerprint density at radius 1 is 1.13 bits per heavy atom. The van der Waals surface area contributed by atoms with Crippen LogP contribution in [0.5, 0.6) is 11.5 Å². The lowest BCUT2D eigenvalue weighted by Crippen LogP contribution is -2.55. The summed E-state index contributed by atoms with van der Waals surface area (Å²) in [7, 11) is 3.94. The van der Waals surface area contributed by atoms with Crippen molar-refractivity contribution in [2.24, 2.45) is 5.92 Å². The van der Waals surface area contributed by atoms with Crippen LogP contribution < -0.4 is 9.47 Å². The lowest BCUT2D eigenvalue weighted by atomic mass is 9.54. The third-order valence-corrected chi connectivity index (χ3v) is 7.73. The van der Waals surface area contributed by atoms with E-state index >= 15 is 0 Å². The molecule has 1 N–H and O–H groups in total. The number of likely N-dealkylation sites (N-methyl/N-ethyl adjacent to an activating group) is 1. The van der Waals surface area contributed by atoms with E-state index in [0.29, 0.717) is 25.1 Å². The Labute approximate surface area is 187 Å². The monoisotopic (exact) mass is 423 g/mol. The predicted octanol–water partition coefficient (Wildman–Crippen LogP) is 4.83. The fourth-order valence-corrected chi connectivity index (χ4v) is 6.18. The quantitative estimate of drug-likeness (QED) is 0.660. The second-order valence-electron chi connectivity index (χ2n) is 9.37. The molecule has 2 aliphatic carbocycles. The molecule has 31 heavy (non-hydrogen) atoms. The lowest BCUT2D eigenvalue weighted by molar-refractivity contribution is 0.0164. The van der Waals surface area contributed by atoms with E-state index < -0.39 is 6.10 Å². The molecule has 4 rings (SSSR count). The second kappa shape index (κ2) is 9.62. The molecule has 2 aliphatic rings. The fourth-order valence-electron chi connectivity index (χ4n) is 6.18.